The maximum absolute atomic E-state index is 2.52. The molecule has 2 rings (SSSR count). The summed E-state index contributed by atoms with van der Waals surface area (Å²) >= 11 is 1.19. The summed E-state index contributed by atoms with van der Waals surface area (Å²) in [6, 6.07) is 4.82. The molecule has 2 aromatic heterocycles. The van der Waals surface area contributed by atoms with Crippen molar-refractivity contribution in [2.45, 2.75) is 141 Å². The second kappa shape index (κ2) is 18.3. The molecule has 0 unspecified atom stereocenters. The van der Waals surface area contributed by atoms with Crippen LogP contribution in [0.2, 0.25) is 0 Å². The summed E-state index contributed by atoms with van der Waals surface area (Å²) in [5.41, 5.74) is 3.47. The molecule has 0 radical (unpaired) electrons. The van der Waals surface area contributed by atoms with Crippen LogP contribution in [-0.2, 0) is 5.41 Å². The van der Waals surface area contributed by atoms with Crippen LogP contribution in [0.3, 0.4) is 0 Å². The van der Waals surface area contributed by atoms with Crippen molar-refractivity contribution < 1.29 is 0 Å². The van der Waals surface area contributed by atoms with Gasteiger partial charge in [-0.3, -0.25) is 0 Å². The van der Waals surface area contributed by atoms with Crippen LogP contribution in [0.15, 0.2) is 31.9 Å². The summed E-state index contributed by atoms with van der Waals surface area (Å²) in [6.07, 6.45) is 27.5. The molecule has 0 aliphatic carbocycles. The topological polar surface area (TPSA) is 0 Å². The molecule has 0 spiro atoms. The number of hydrogen-bond donors (Lipinski definition) is 0. The van der Waals surface area contributed by atoms with Crippen molar-refractivity contribution in [2.75, 3.05) is 0 Å². The van der Waals surface area contributed by atoms with Crippen molar-refractivity contribution in [3.63, 3.8) is 0 Å². The maximum atomic E-state index is 2.52. The van der Waals surface area contributed by atoms with E-state index in [0.717, 1.165) is 0 Å². The second-order valence-corrected chi connectivity index (χ2v) is 13.4. The van der Waals surface area contributed by atoms with Crippen molar-refractivity contribution in [1.29, 1.82) is 0 Å². The molecule has 0 saturated carbocycles. The Labute approximate surface area is 212 Å². The van der Waals surface area contributed by atoms with E-state index in [9.17, 15) is 0 Å². The van der Waals surface area contributed by atoms with Gasteiger partial charge in [0.15, 0.2) is 0 Å². The summed E-state index contributed by atoms with van der Waals surface area (Å²) in [5, 5.41) is 0. The Morgan fingerprint density at radius 2 is 0.875 bits per heavy atom. The Kier molecular flexibility index (Phi) is 16.2. The number of unbranched alkanes of at least 4 members (excludes halogenated alkanes) is 17. The minimum atomic E-state index is 0.276. The van der Waals surface area contributed by atoms with Gasteiger partial charge in [0.2, 0.25) is 0 Å². The minimum absolute atomic E-state index is 0.276. The molecule has 2 heteroatoms. The van der Waals surface area contributed by atoms with Gasteiger partial charge in [0.05, 0.1) is 0 Å². The normalized spacial score (nSPS) is 11.9. The first-order valence-electron chi connectivity index (χ1n) is 13.8. The van der Waals surface area contributed by atoms with Crippen LogP contribution >= 0.6 is 0 Å². The van der Waals surface area contributed by atoms with Gasteiger partial charge in [0.25, 0.3) is 0 Å². The van der Waals surface area contributed by atoms with Gasteiger partial charge < -0.3 is 0 Å². The summed E-state index contributed by atoms with van der Waals surface area (Å²) < 4.78 is 0. The second-order valence-electron chi connectivity index (χ2n) is 10.1. The van der Waals surface area contributed by atoms with Gasteiger partial charge in [-0.25, -0.2) is 0 Å². The molecule has 0 nitrogen and oxygen atoms in total. The summed E-state index contributed by atoms with van der Waals surface area (Å²) in [6.45, 7) is 4.80. The zero-order valence-electron chi connectivity index (χ0n) is 21.2. The zero-order chi connectivity index (χ0) is 22.7. The van der Waals surface area contributed by atoms with Crippen molar-refractivity contribution in [3.05, 3.63) is 43.0 Å². The molecule has 0 aliphatic rings. The van der Waals surface area contributed by atoms with E-state index >= 15 is 0 Å². The van der Waals surface area contributed by atoms with Crippen LogP contribution in [0.5, 0.6) is 0 Å². The van der Waals surface area contributed by atoms with Crippen molar-refractivity contribution >= 4 is 29.0 Å². The van der Waals surface area contributed by atoms with E-state index in [0.29, 0.717) is 29.0 Å². The predicted molar refractivity (Wildman–Crippen MR) is 147 cm³/mol. The van der Waals surface area contributed by atoms with Gasteiger partial charge >= 0.3 is 142 Å². The molecule has 2 aromatic rings. The SMILES string of the molecule is CCCCCCCCCCCCCCCCCCCCC(C)(c1cc[se]c1)c1cc[se]c1. The van der Waals surface area contributed by atoms with Crippen LogP contribution in [0, 0.1) is 0 Å². The Balaban J connectivity index is 1.40. The van der Waals surface area contributed by atoms with Crippen LogP contribution in [0.25, 0.3) is 0 Å². The molecule has 0 bridgehead atoms. The first kappa shape index (κ1) is 28.2. The average Bonchev–Trinajstić information content (AvgIpc) is 3.53. The molecule has 2 heterocycles. The van der Waals surface area contributed by atoms with Gasteiger partial charge in [0, 0.05) is 0 Å². The van der Waals surface area contributed by atoms with Crippen molar-refractivity contribution in [3.8, 4) is 0 Å². The predicted octanol–water partition coefficient (Wildman–Crippen LogP) is 9.54. The first-order valence-corrected chi connectivity index (χ1v) is 17.8. The van der Waals surface area contributed by atoms with E-state index in [1.165, 1.54) is 122 Å². The number of rotatable bonds is 21. The zero-order valence-corrected chi connectivity index (χ0v) is 24.6. The molecule has 182 valence electrons. The fourth-order valence-electron chi connectivity index (χ4n) is 4.99. The molecular weight excluding hydrogens is 518 g/mol. The van der Waals surface area contributed by atoms with Gasteiger partial charge in [-0.15, -0.1) is 0 Å². The van der Waals surface area contributed by atoms with Gasteiger partial charge in [0.1, 0.15) is 0 Å². The molecule has 0 fully saturated rings. The third-order valence-electron chi connectivity index (χ3n) is 7.35. The molecule has 0 saturated heterocycles. The molecule has 0 N–H and O–H groups in total. The number of hydrogen-bond acceptors (Lipinski definition) is 0. The quantitative estimate of drug-likeness (QED) is 0.104. The van der Waals surface area contributed by atoms with E-state index in [-0.39, 0.29) is 5.41 Å². The summed E-state index contributed by atoms with van der Waals surface area (Å²) in [7, 11) is 0. The van der Waals surface area contributed by atoms with Gasteiger partial charge in [-0.1, -0.05) is 71.1 Å². The summed E-state index contributed by atoms with van der Waals surface area (Å²) in [5.74, 6) is 0. The monoisotopic (exact) mass is 570 g/mol. The van der Waals surface area contributed by atoms with Crippen molar-refractivity contribution in [1.82, 2.24) is 0 Å². The average molecular weight is 569 g/mol. The molecule has 0 aromatic carbocycles. The molecule has 0 amide bonds. The van der Waals surface area contributed by atoms with E-state index in [1.54, 1.807) is 11.1 Å². The van der Waals surface area contributed by atoms with E-state index in [4.69, 9.17) is 0 Å². The van der Waals surface area contributed by atoms with Crippen LogP contribution < -0.4 is 0 Å². The summed E-state index contributed by atoms with van der Waals surface area (Å²) in [4.78, 5) is 9.81. The molecule has 0 aliphatic heterocycles. The Morgan fingerprint density at radius 3 is 1.19 bits per heavy atom. The third kappa shape index (κ3) is 11.4. The molecule has 32 heavy (non-hydrogen) atoms. The van der Waals surface area contributed by atoms with Gasteiger partial charge in [-0.2, -0.15) is 0 Å². The standard InChI is InChI=1S/C30H50Se2/c1-3-4-5-6-7-8-9-10-11-12-13-14-15-16-17-18-19-20-23-30(2,28-21-24-31-26-28)29-22-25-32-27-29/h21-22,24-27H,3-20,23H2,1-2H3. The first-order chi connectivity index (χ1) is 15.8. The molecular formula is C30H50Se2. The Morgan fingerprint density at radius 1 is 0.531 bits per heavy atom. The Hall–Kier alpha value is -0.00104. The molecule has 0 atom stereocenters. The van der Waals surface area contributed by atoms with Crippen LogP contribution in [0.4, 0.5) is 0 Å². The van der Waals surface area contributed by atoms with E-state index in [2.05, 4.69) is 45.7 Å². The van der Waals surface area contributed by atoms with Crippen LogP contribution in [-0.4, -0.2) is 29.0 Å². The van der Waals surface area contributed by atoms with Crippen LogP contribution in [0.1, 0.15) is 147 Å². The van der Waals surface area contributed by atoms with E-state index in [1.807, 2.05) is 0 Å². The van der Waals surface area contributed by atoms with Crippen molar-refractivity contribution in [2.24, 2.45) is 0 Å². The van der Waals surface area contributed by atoms with E-state index < -0.39 is 0 Å². The Bertz CT molecular complexity index is 592. The fraction of sp³-hybridized carbons (Fsp3) is 0.733. The van der Waals surface area contributed by atoms with Gasteiger partial charge in [-0.05, 0) is 0 Å². The third-order valence-corrected chi connectivity index (χ3v) is 10.2. The fourth-order valence-corrected chi connectivity index (χ4v) is 8.30.